The molecule has 0 amide bonds. The van der Waals surface area contributed by atoms with Gasteiger partial charge in [0.25, 0.3) is 0 Å². The van der Waals surface area contributed by atoms with E-state index in [1.807, 2.05) is 10.7 Å². The smallest absolute Gasteiger partial charge is 0.150 e. The zero-order valence-electron chi connectivity index (χ0n) is 9.07. The van der Waals surface area contributed by atoms with Crippen LogP contribution in [0.4, 0.5) is 0 Å². The number of fused-ring (bicyclic) bond motifs is 1. The first-order valence-electron chi connectivity index (χ1n) is 5.57. The predicted octanol–water partition coefficient (Wildman–Crippen LogP) is 3.39. The predicted molar refractivity (Wildman–Crippen MR) is 74.1 cm³/mol. The zero-order valence-corrected chi connectivity index (χ0v) is 12.0. The van der Waals surface area contributed by atoms with E-state index in [0.717, 1.165) is 34.1 Å². The summed E-state index contributed by atoms with van der Waals surface area (Å²) < 4.78 is 8.57. The average Bonchev–Trinajstić information content (AvgIpc) is 2.69. The molecule has 4 nitrogen and oxygen atoms in total. The van der Waals surface area contributed by atoms with Gasteiger partial charge in [0.15, 0.2) is 6.23 Å². The van der Waals surface area contributed by atoms with Crippen molar-refractivity contribution in [2.24, 2.45) is 0 Å². The van der Waals surface area contributed by atoms with Gasteiger partial charge in [0.1, 0.15) is 8.85 Å². The van der Waals surface area contributed by atoms with Gasteiger partial charge in [-0.2, -0.15) is 5.10 Å². The van der Waals surface area contributed by atoms with Crippen molar-refractivity contribution in [3.8, 4) is 0 Å². The molecule has 1 aliphatic rings. The van der Waals surface area contributed by atoms with Gasteiger partial charge < -0.3 is 4.74 Å². The van der Waals surface area contributed by atoms with Crippen LogP contribution in [0.25, 0.3) is 10.9 Å². The van der Waals surface area contributed by atoms with E-state index in [0.29, 0.717) is 5.15 Å². The molecule has 0 bridgehead atoms. The van der Waals surface area contributed by atoms with E-state index in [1.54, 1.807) is 6.20 Å². The Hall–Kier alpha value is -0.400. The molecular weight excluding hydrogens is 352 g/mol. The lowest BCUT2D eigenvalue weighted by molar-refractivity contribution is -0.0368. The Bertz CT molecular complexity index is 551. The van der Waals surface area contributed by atoms with Crippen LogP contribution in [-0.2, 0) is 4.74 Å². The fourth-order valence-corrected chi connectivity index (χ4v) is 3.31. The average molecular weight is 364 g/mol. The molecule has 6 heteroatoms. The van der Waals surface area contributed by atoms with Crippen molar-refractivity contribution in [2.75, 3.05) is 6.61 Å². The molecule has 0 N–H and O–H groups in total. The van der Waals surface area contributed by atoms with Crippen molar-refractivity contribution in [3.63, 3.8) is 0 Å². The largest absolute Gasteiger partial charge is 0.356 e. The number of ether oxygens (including phenoxy) is 1. The van der Waals surface area contributed by atoms with Crippen molar-refractivity contribution in [1.82, 2.24) is 14.8 Å². The summed E-state index contributed by atoms with van der Waals surface area (Å²) in [5, 5.41) is 5.96. The first-order chi connectivity index (χ1) is 8.27. The molecule has 0 aromatic carbocycles. The molecule has 0 saturated carbocycles. The van der Waals surface area contributed by atoms with Gasteiger partial charge in [0, 0.05) is 12.8 Å². The van der Waals surface area contributed by atoms with E-state index < -0.39 is 0 Å². The number of hydrogen-bond acceptors (Lipinski definition) is 3. The highest BCUT2D eigenvalue weighted by molar-refractivity contribution is 14.1. The van der Waals surface area contributed by atoms with E-state index >= 15 is 0 Å². The van der Waals surface area contributed by atoms with Crippen LogP contribution >= 0.6 is 34.2 Å². The minimum atomic E-state index is 0.0354. The third kappa shape index (κ3) is 2.04. The second kappa shape index (κ2) is 4.70. The second-order valence-corrected chi connectivity index (χ2v) is 5.43. The van der Waals surface area contributed by atoms with Crippen LogP contribution in [0.1, 0.15) is 25.5 Å². The zero-order chi connectivity index (χ0) is 11.8. The monoisotopic (exact) mass is 363 g/mol. The number of nitrogens with zero attached hydrogens (tertiary/aromatic N) is 3. The van der Waals surface area contributed by atoms with Crippen LogP contribution in [-0.4, -0.2) is 21.4 Å². The molecule has 1 aliphatic heterocycles. The van der Waals surface area contributed by atoms with E-state index in [4.69, 9.17) is 16.3 Å². The Morgan fingerprint density at radius 1 is 1.47 bits per heavy atom. The standard InChI is InChI=1S/C11H11ClIN3O/c12-10-9-7(4-5-14-10)16(15-11(9)13)8-3-1-2-6-17-8/h4-5,8H,1-3,6H2. The molecule has 0 aliphatic carbocycles. The van der Waals surface area contributed by atoms with Gasteiger partial charge >= 0.3 is 0 Å². The molecule has 17 heavy (non-hydrogen) atoms. The van der Waals surface area contributed by atoms with E-state index in [2.05, 4.69) is 32.7 Å². The first-order valence-corrected chi connectivity index (χ1v) is 7.03. The topological polar surface area (TPSA) is 39.9 Å². The van der Waals surface area contributed by atoms with Gasteiger partial charge in [-0.25, -0.2) is 9.67 Å². The Balaban J connectivity index is 2.13. The lowest BCUT2D eigenvalue weighted by Crippen LogP contribution is -2.19. The molecule has 0 radical (unpaired) electrons. The normalized spacial score (nSPS) is 20.9. The lowest BCUT2D eigenvalue weighted by atomic mass is 10.2. The second-order valence-electron chi connectivity index (χ2n) is 4.05. The van der Waals surface area contributed by atoms with Crippen LogP contribution in [0.5, 0.6) is 0 Å². The van der Waals surface area contributed by atoms with Crippen molar-refractivity contribution in [2.45, 2.75) is 25.5 Å². The summed E-state index contributed by atoms with van der Waals surface area (Å²) in [6, 6.07) is 1.94. The van der Waals surface area contributed by atoms with Crippen LogP contribution in [0.3, 0.4) is 0 Å². The van der Waals surface area contributed by atoms with Crippen LogP contribution in [0, 0.1) is 3.70 Å². The van der Waals surface area contributed by atoms with Crippen molar-refractivity contribution in [1.29, 1.82) is 0 Å². The molecule has 3 heterocycles. The molecule has 2 aromatic heterocycles. The van der Waals surface area contributed by atoms with Crippen molar-refractivity contribution >= 4 is 45.1 Å². The highest BCUT2D eigenvalue weighted by atomic mass is 127. The van der Waals surface area contributed by atoms with Gasteiger partial charge in [0.2, 0.25) is 0 Å². The Labute approximate surface area is 117 Å². The number of hydrogen-bond donors (Lipinski definition) is 0. The highest BCUT2D eigenvalue weighted by Gasteiger charge is 2.21. The number of halogens is 2. The van der Waals surface area contributed by atoms with Crippen molar-refractivity contribution in [3.05, 3.63) is 21.1 Å². The van der Waals surface area contributed by atoms with Gasteiger partial charge in [-0.05, 0) is 47.9 Å². The van der Waals surface area contributed by atoms with Gasteiger partial charge in [-0.1, -0.05) is 11.6 Å². The maximum Gasteiger partial charge on any atom is 0.150 e. The third-order valence-electron chi connectivity index (χ3n) is 2.96. The maximum absolute atomic E-state index is 6.10. The van der Waals surface area contributed by atoms with Gasteiger partial charge in [0.05, 0.1) is 10.9 Å². The van der Waals surface area contributed by atoms with E-state index in [-0.39, 0.29) is 6.23 Å². The van der Waals surface area contributed by atoms with Crippen LogP contribution < -0.4 is 0 Å². The molecule has 90 valence electrons. The number of pyridine rings is 1. The molecule has 3 rings (SSSR count). The Kier molecular flexibility index (Phi) is 3.23. The first kappa shape index (κ1) is 11.7. The van der Waals surface area contributed by atoms with Crippen LogP contribution in [0.15, 0.2) is 12.3 Å². The van der Waals surface area contributed by atoms with Gasteiger partial charge in [-0.3, -0.25) is 0 Å². The quantitative estimate of drug-likeness (QED) is 0.576. The van der Waals surface area contributed by atoms with Gasteiger partial charge in [-0.15, -0.1) is 0 Å². The summed E-state index contributed by atoms with van der Waals surface area (Å²) in [6.45, 7) is 0.807. The van der Waals surface area contributed by atoms with Crippen LogP contribution in [0.2, 0.25) is 5.15 Å². The number of aromatic nitrogens is 3. The molecule has 1 unspecified atom stereocenters. The maximum atomic E-state index is 6.10. The third-order valence-corrected chi connectivity index (χ3v) is 4.00. The summed E-state index contributed by atoms with van der Waals surface area (Å²) in [7, 11) is 0. The molecule has 2 aromatic rings. The van der Waals surface area contributed by atoms with E-state index in [1.165, 1.54) is 6.42 Å². The molecule has 1 atom stereocenters. The molecule has 1 saturated heterocycles. The Morgan fingerprint density at radius 2 is 2.35 bits per heavy atom. The summed E-state index contributed by atoms with van der Waals surface area (Å²) >= 11 is 8.29. The minimum Gasteiger partial charge on any atom is -0.356 e. The highest BCUT2D eigenvalue weighted by Crippen LogP contribution is 2.31. The van der Waals surface area contributed by atoms with E-state index in [9.17, 15) is 0 Å². The molecule has 0 spiro atoms. The lowest BCUT2D eigenvalue weighted by Gasteiger charge is -2.23. The fourth-order valence-electron chi connectivity index (χ4n) is 2.14. The SMILES string of the molecule is Clc1nccc2c1c(I)nn2C1CCCCO1. The molecular formula is C11H11ClIN3O. The summed E-state index contributed by atoms with van der Waals surface area (Å²) in [4.78, 5) is 4.09. The Morgan fingerprint density at radius 3 is 3.12 bits per heavy atom. The minimum absolute atomic E-state index is 0.0354. The summed E-state index contributed by atoms with van der Waals surface area (Å²) in [6.07, 6.45) is 5.07. The number of rotatable bonds is 1. The summed E-state index contributed by atoms with van der Waals surface area (Å²) in [5.74, 6) is 0. The molecule has 1 fully saturated rings. The van der Waals surface area contributed by atoms with Crippen molar-refractivity contribution < 1.29 is 4.74 Å². The fraction of sp³-hybridized carbons (Fsp3) is 0.455. The summed E-state index contributed by atoms with van der Waals surface area (Å²) in [5.41, 5.74) is 1.00.